The number of rotatable bonds is 4. The van der Waals surface area contributed by atoms with Crippen LogP contribution in [-0.2, 0) is 32.5 Å². The standard InChI is InChI=1S/C70H79BN2S/c1-42-20-19-21-43(2)61(42)45-36-58-62-59(37-45)73(56-32-27-47(66(6,7)8)38-51(56)44-22-24-46(25-23-44)65(3,4)5)57-40-49(68(12,13)14)26-31-55(57)71(62)64-63(52-39-48(67(9,10)11)28-33-60(52)74-64)72(58)50-29-30-53-54(41-50)70(17,18)35-34-69(53,15)16/h19-33,36-41H,34-35H2,1-18H3. The van der Waals surface area contributed by atoms with E-state index in [1.54, 1.807) is 0 Å². The van der Waals surface area contributed by atoms with E-state index in [1.165, 1.54) is 133 Å². The zero-order chi connectivity index (χ0) is 53.0. The van der Waals surface area contributed by atoms with E-state index in [4.69, 9.17) is 0 Å². The topological polar surface area (TPSA) is 6.48 Å². The first kappa shape index (κ1) is 50.3. The van der Waals surface area contributed by atoms with E-state index in [0.29, 0.717) is 0 Å². The van der Waals surface area contributed by atoms with Gasteiger partial charge >= 0.3 is 0 Å². The van der Waals surface area contributed by atoms with Crippen LogP contribution in [0.4, 0.5) is 34.1 Å². The first-order valence-electron chi connectivity index (χ1n) is 27.5. The number of anilines is 6. The molecule has 1 aliphatic carbocycles. The number of fused-ring (bicyclic) bond motifs is 7. The van der Waals surface area contributed by atoms with Crippen molar-refractivity contribution < 1.29 is 0 Å². The van der Waals surface area contributed by atoms with Crippen molar-refractivity contribution in [1.29, 1.82) is 0 Å². The Bertz CT molecular complexity index is 3550. The van der Waals surface area contributed by atoms with Gasteiger partial charge in [-0.05, 0) is 186 Å². The van der Waals surface area contributed by atoms with E-state index in [1.807, 2.05) is 11.3 Å². The van der Waals surface area contributed by atoms with Gasteiger partial charge in [-0.1, -0.05) is 184 Å². The average molecular weight is 991 g/mol. The van der Waals surface area contributed by atoms with E-state index in [-0.39, 0.29) is 39.2 Å². The van der Waals surface area contributed by atoms with Crippen LogP contribution < -0.4 is 25.5 Å². The second kappa shape index (κ2) is 16.8. The third-order valence-corrected chi connectivity index (χ3v) is 18.6. The Hall–Kier alpha value is -5.84. The van der Waals surface area contributed by atoms with Crippen LogP contribution in [0.25, 0.3) is 32.3 Å². The van der Waals surface area contributed by atoms with Crippen LogP contribution in [0.5, 0.6) is 0 Å². The van der Waals surface area contributed by atoms with E-state index >= 15 is 0 Å². The minimum Gasteiger partial charge on any atom is -0.311 e. The Kier molecular flexibility index (Phi) is 11.4. The minimum atomic E-state index is -0.0712. The predicted octanol–water partition coefficient (Wildman–Crippen LogP) is 18.5. The number of hydrogen-bond donors (Lipinski definition) is 0. The van der Waals surface area contributed by atoms with Gasteiger partial charge < -0.3 is 9.80 Å². The number of nitrogens with zero attached hydrogens (tertiary/aromatic N) is 2. The van der Waals surface area contributed by atoms with Gasteiger partial charge in [-0.3, -0.25) is 0 Å². The maximum atomic E-state index is 2.73. The molecular weight excluding hydrogens is 912 g/mol. The summed E-state index contributed by atoms with van der Waals surface area (Å²) < 4.78 is 2.76. The molecule has 0 saturated carbocycles. The highest BCUT2D eigenvalue weighted by atomic mass is 32.1. The first-order valence-corrected chi connectivity index (χ1v) is 28.3. The predicted molar refractivity (Wildman–Crippen MR) is 326 cm³/mol. The Morgan fingerprint density at radius 3 is 1.64 bits per heavy atom. The molecule has 378 valence electrons. The van der Waals surface area contributed by atoms with Crippen LogP contribution in [0.3, 0.4) is 0 Å². The molecule has 2 aliphatic heterocycles. The lowest BCUT2D eigenvalue weighted by Gasteiger charge is -2.45. The molecule has 2 nitrogen and oxygen atoms in total. The molecule has 0 amide bonds. The summed E-state index contributed by atoms with van der Waals surface area (Å²) in [6, 6.07) is 51.2. The van der Waals surface area contributed by atoms with Crippen molar-refractivity contribution in [3.05, 3.63) is 172 Å². The zero-order valence-electron chi connectivity index (χ0n) is 47.9. The molecular formula is C70H79BN2S. The monoisotopic (exact) mass is 991 g/mol. The maximum absolute atomic E-state index is 2.73. The van der Waals surface area contributed by atoms with Crippen LogP contribution in [-0.4, -0.2) is 6.71 Å². The first-order chi connectivity index (χ1) is 34.5. The number of thiophene rings is 1. The van der Waals surface area contributed by atoms with Crippen molar-refractivity contribution in [2.24, 2.45) is 0 Å². The molecule has 0 saturated heterocycles. The average Bonchev–Trinajstić information content (AvgIpc) is 3.75. The van der Waals surface area contributed by atoms with Gasteiger partial charge in [-0.15, -0.1) is 11.3 Å². The number of benzene rings is 7. The maximum Gasteiger partial charge on any atom is 0.264 e. The van der Waals surface area contributed by atoms with Gasteiger partial charge in [-0.25, -0.2) is 0 Å². The molecule has 0 unspecified atom stereocenters. The molecule has 0 bridgehead atoms. The second-order valence-electron chi connectivity index (χ2n) is 27.9. The molecule has 0 N–H and O–H groups in total. The SMILES string of the molecule is Cc1cccc(C)c1-c1cc2c3c(c1)N(c1ccc4c(c1)C(C)(C)CCC4(C)C)c1c(sc4ccc(C(C)(C)C)cc14)B3c1ccc(C(C)(C)C)cc1N2c1ccc(C(C)(C)C)cc1-c1ccc(C(C)(C)C)cc1. The summed E-state index contributed by atoms with van der Waals surface area (Å²) in [5.74, 6) is 0. The van der Waals surface area contributed by atoms with Crippen molar-refractivity contribution in [2.45, 2.75) is 170 Å². The molecule has 11 rings (SSSR count). The largest absolute Gasteiger partial charge is 0.311 e. The Morgan fingerprint density at radius 1 is 0.473 bits per heavy atom. The van der Waals surface area contributed by atoms with Gasteiger partial charge in [-0.2, -0.15) is 0 Å². The van der Waals surface area contributed by atoms with Crippen LogP contribution in [0.1, 0.15) is 168 Å². The fourth-order valence-corrected chi connectivity index (χ4v) is 13.9. The van der Waals surface area contributed by atoms with Gasteiger partial charge in [0.25, 0.3) is 6.71 Å². The lowest BCUT2D eigenvalue weighted by atomic mass is 9.36. The van der Waals surface area contributed by atoms with Crippen LogP contribution in [0, 0.1) is 13.8 Å². The van der Waals surface area contributed by atoms with Gasteiger partial charge in [0.05, 0.1) is 11.4 Å². The molecule has 7 aromatic carbocycles. The van der Waals surface area contributed by atoms with Gasteiger partial charge in [0.1, 0.15) is 0 Å². The summed E-state index contributed by atoms with van der Waals surface area (Å²) in [7, 11) is 0. The Labute approximate surface area is 449 Å². The van der Waals surface area contributed by atoms with Crippen LogP contribution in [0.2, 0.25) is 0 Å². The fourth-order valence-electron chi connectivity index (χ4n) is 12.6. The summed E-state index contributed by atoms with van der Waals surface area (Å²) in [6.07, 6.45) is 2.35. The molecule has 74 heavy (non-hydrogen) atoms. The molecule has 3 aliphatic rings. The smallest absolute Gasteiger partial charge is 0.264 e. The third-order valence-electron chi connectivity index (χ3n) is 17.4. The second-order valence-corrected chi connectivity index (χ2v) is 29.0. The molecule has 0 radical (unpaired) electrons. The molecule has 0 atom stereocenters. The van der Waals surface area contributed by atoms with Crippen molar-refractivity contribution in [1.82, 2.24) is 0 Å². The molecule has 1 aromatic heterocycles. The Morgan fingerprint density at radius 2 is 1.01 bits per heavy atom. The molecule has 0 spiro atoms. The van der Waals surface area contributed by atoms with Gasteiger partial charge in [0.2, 0.25) is 0 Å². The third kappa shape index (κ3) is 8.19. The number of hydrogen-bond acceptors (Lipinski definition) is 3. The summed E-state index contributed by atoms with van der Waals surface area (Å²) in [6.45, 7) is 42.6. The fraction of sp³-hybridized carbons (Fsp3) is 0.371. The van der Waals surface area contributed by atoms with E-state index in [0.717, 1.165) is 6.42 Å². The van der Waals surface area contributed by atoms with Crippen molar-refractivity contribution in [3.8, 4) is 22.3 Å². The summed E-state index contributed by atoms with van der Waals surface area (Å²) in [5, 5.41) is 1.34. The zero-order valence-corrected chi connectivity index (χ0v) is 48.7. The quantitative estimate of drug-likeness (QED) is 0.162. The van der Waals surface area contributed by atoms with E-state index in [2.05, 4.69) is 262 Å². The molecule has 0 fully saturated rings. The highest BCUT2D eigenvalue weighted by molar-refractivity contribution is 7.33. The Balaban J connectivity index is 1.31. The highest BCUT2D eigenvalue weighted by Crippen LogP contribution is 2.54. The molecule has 4 heteroatoms. The van der Waals surface area contributed by atoms with Gasteiger partial charge in [0, 0.05) is 43.2 Å². The van der Waals surface area contributed by atoms with Crippen LogP contribution in [0.15, 0.2) is 127 Å². The lowest BCUT2D eigenvalue weighted by Crippen LogP contribution is -2.60. The summed E-state index contributed by atoms with van der Waals surface area (Å²) in [4.78, 5) is 5.43. The summed E-state index contributed by atoms with van der Waals surface area (Å²) >= 11 is 2.01. The lowest BCUT2D eigenvalue weighted by molar-refractivity contribution is 0.332. The van der Waals surface area contributed by atoms with Crippen molar-refractivity contribution >= 4 is 78.0 Å². The number of aryl methyl sites for hydroxylation is 2. The van der Waals surface area contributed by atoms with Crippen molar-refractivity contribution in [2.75, 3.05) is 9.80 Å². The summed E-state index contributed by atoms with van der Waals surface area (Å²) in [5.41, 5.74) is 26.3. The van der Waals surface area contributed by atoms with E-state index < -0.39 is 0 Å². The van der Waals surface area contributed by atoms with E-state index in [9.17, 15) is 0 Å². The highest BCUT2D eigenvalue weighted by Gasteiger charge is 2.47. The van der Waals surface area contributed by atoms with Crippen molar-refractivity contribution in [3.63, 3.8) is 0 Å². The molecule has 3 heterocycles. The minimum absolute atomic E-state index is 0.00499. The normalized spacial score (nSPS) is 16.0. The van der Waals surface area contributed by atoms with Gasteiger partial charge in [0.15, 0.2) is 0 Å². The molecule has 8 aromatic rings. The van der Waals surface area contributed by atoms with Crippen LogP contribution >= 0.6 is 11.3 Å².